The van der Waals surface area contributed by atoms with Crippen LogP contribution in [-0.4, -0.2) is 44.9 Å². The van der Waals surface area contributed by atoms with Crippen LogP contribution in [0.4, 0.5) is 0 Å². The first-order valence-corrected chi connectivity index (χ1v) is 8.32. The Morgan fingerprint density at radius 3 is 2.83 bits per heavy atom. The average Bonchev–Trinajstić information content (AvgIpc) is 3.16. The van der Waals surface area contributed by atoms with Crippen LogP contribution in [0.5, 0.6) is 0 Å². The molecule has 2 heterocycles. The maximum atomic E-state index is 12.4. The van der Waals surface area contributed by atoms with Gasteiger partial charge < -0.3 is 10.0 Å². The maximum Gasteiger partial charge on any atom is 0.223 e. The molecule has 1 saturated carbocycles. The van der Waals surface area contributed by atoms with Crippen LogP contribution >= 0.6 is 0 Å². The molecule has 6 nitrogen and oxygen atoms in total. The van der Waals surface area contributed by atoms with Gasteiger partial charge in [0.1, 0.15) is 0 Å². The van der Waals surface area contributed by atoms with E-state index in [9.17, 15) is 9.90 Å². The van der Waals surface area contributed by atoms with E-state index in [1.807, 2.05) is 23.4 Å². The average molecular weight is 316 g/mol. The van der Waals surface area contributed by atoms with Crippen LogP contribution in [0.25, 0.3) is 0 Å². The zero-order chi connectivity index (χ0) is 16.6. The SMILES string of the molecule is Cc1nn(CCC#N)c(C)c1CCC(=O)N1CC(O)C2(CC2)C1. The summed E-state index contributed by atoms with van der Waals surface area (Å²) in [6, 6.07) is 2.13. The lowest BCUT2D eigenvalue weighted by atomic mass is 10.0. The topological polar surface area (TPSA) is 82.2 Å². The van der Waals surface area contributed by atoms with Gasteiger partial charge >= 0.3 is 0 Å². The van der Waals surface area contributed by atoms with Crippen molar-refractivity contribution in [2.45, 2.75) is 58.6 Å². The van der Waals surface area contributed by atoms with Crippen LogP contribution in [0, 0.1) is 30.6 Å². The van der Waals surface area contributed by atoms with E-state index < -0.39 is 0 Å². The van der Waals surface area contributed by atoms with Gasteiger partial charge in [-0.3, -0.25) is 9.48 Å². The van der Waals surface area contributed by atoms with E-state index >= 15 is 0 Å². The van der Waals surface area contributed by atoms with E-state index in [1.165, 1.54) is 0 Å². The fourth-order valence-electron chi connectivity index (χ4n) is 3.65. The second kappa shape index (κ2) is 5.97. The number of carbonyl (C=O) groups is 1. The van der Waals surface area contributed by atoms with Crippen molar-refractivity contribution in [3.05, 3.63) is 17.0 Å². The number of rotatable bonds is 5. The molecule has 1 saturated heterocycles. The summed E-state index contributed by atoms with van der Waals surface area (Å²) in [7, 11) is 0. The van der Waals surface area contributed by atoms with Crippen molar-refractivity contribution in [2.75, 3.05) is 13.1 Å². The predicted molar refractivity (Wildman–Crippen MR) is 84.5 cm³/mol. The van der Waals surface area contributed by atoms with E-state index in [1.54, 1.807) is 0 Å². The lowest BCUT2D eigenvalue weighted by Gasteiger charge is -2.16. The Bertz CT molecular complexity index is 654. The lowest BCUT2D eigenvalue weighted by molar-refractivity contribution is -0.130. The molecule has 1 aromatic rings. The minimum atomic E-state index is -0.344. The lowest BCUT2D eigenvalue weighted by Crippen LogP contribution is -2.29. The molecule has 1 atom stereocenters. The zero-order valence-electron chi connectivity index (χ0n) is 13.9. The second-order valence-corrected chi connectivity index (χ2v) is 6.93. The van der Waals surface area contributed by atoms with Crippen LogP contribution in [-0.2, 0) is 17.8 Å². The monoisotopic (exact) mass is 316 g/mol. The number of amides is 1. The van der Waals surface area contributed by atoms with Crippen molar-refractivity contribution in [1.82, 2.24) is 14.7 Å². The van der Waals surface area contributed by atoms with E-state index in [2.05, 4.69) is 11.2 Å². The molecule has 23 heavy (non-hydrogen) atoms. The summed E-state index contributed by atoms with van der Waals surface area (Å²) in [6.45, 7) is 5.74. The van der Waals surface area contributed by atoms with Crippen molar-refractivity contribution in [1.29, 1.82) is 5.26 Å². The van der Waals surface area contributed by atoms with E-state index in [-0.39, 0.29) is 17.4 Å². The van der Waals surface area contributed by atoms with Crippen molar-refractivity contribution in [2.24, 2.45) is 5.41 Å². The fourth-order valence-corrected chi connectivity index (χ4v) is 3.65. The highest BCUT2D eigenvalue weighted by molar-refractivity contribution is 5.77. The summed E-state index contributed by atoms with van der Waals surface area (Å²) >= 11 is 0. The quantitative estimate of drug-likeness (QED) is 0.888. The smallest absolute Gasteiger partial charge is 0.223 e. The van der Waals surface area contributed by atoms with Gasteiger partial charge in [-0.15, -0.1) is 0 Å². The third-order valence-corrected chi connectivity index (χ3v) is 5.41. The van der Waals surface area contributed by atoms with E-state index in [0.717, 1.165) is 29.8 Å². The fraction of sp³-hybridized carbons (Fsp3) is 0.706. The number of nitriles is 1. The van der Waals surface area contributed by atoms with E-state index in [4.69, 9.17) is 5.26 Å². The van der Waals surface area contributed by atoms with Crippen molar-refractivity contribution >= 4 is 5.91 Å². The third-order valence-electron chi connectivity index (χ3n) is 5.41. The molecule has 2 fully saturated rings. The largest absolute Gasteiger partial charge is 0.391 e. The second-order valence-electron chi connectivity index (χ2n) is 6.93. The van der Waals surface area contributed by atoms with Gasteiger partial charge in [0, 0.05) is 30.6 Å². The van der Waals surface area contributed by atoms with Crippen LogP contribution in [0.2, 0.25) is 0 Å². The number of carbonyl (C=O) groups excluding carboxylic acids is 1. The van der Waals surface area contributed by atoms with Crippen LogP contribution in [0.1, 0.15) is 42.6 Å². The van der Waals surface area contributed by atoms with E-state index in [0.29, 0.717) is 38.9 Å². The van der Waals surface area contributed by atoms with Crippen LogP contribution in [0.3, 0.4) is 0 Å². The third kappa shape index (κ3) is 2.98. The molecule has 1 aliphatic heterocycles. The molecule has 3 rings (SSSR count). The molecule has 1 unspecified atom stereocenters. The minimum absolute atomic E-state index is 0.0175. The number of hydrogen-bond acceptors (Lipinski definition) is 4. The van der Waals surface area contributed by atoms with Crippen LogP contribution < -0.4 is 0 Å². The Morgan fingerprint density at radius 1 is 1.48 bits per heavy atom. The summed E-state index contributed by atoms with van der Waals surface area (Å²) in [5.74, 6) is 0.122. The van der Waals surface area contributed by atoms with Gasteiger partial charge in [-0.05, 0) is 38.7 Å². The number of aliphatic hydroxyl groups is 1. The Balaban J connectivity index is 1.59. The molecule has 0 bridgehead atoms. The summed E-state index contributed by atoms with van der Waals surface area (Å²) in [5, 5.41) is 23.2. The Kier molecular flexibility index (Phi) is 4.15. The number of aliphatic hydroxyl groups excluding tert-OH is 1. The van der Waals surface area contributed by atoms with Crippen molar-refractivity contribution in [3.8, 4) is 6.07 Å². The number of nitrogens with zero attached hydrogens (tertiary/aromatic N) is 4. The highest BCUT2D eigenvalue weighted by atomic mass is 16.3. The van der Waals surface area contributed by atoms with Crippen molar-refractivity contribution in [3.63, 3.8) is 0 Å². The van der Waals surface area contributed by atoms with Gasteiger partial charge in [0.25, 0.3) is 0 Å². The van der Waals surface area contributed by atoms with Gasteiger partial charge in [0.05, 0.1) is 30.8 Å². The molecule has 1 aromatic heterocycles. The Morgan fingerprint density at radius 2 is 2.22 bits per heavy atom. The maximum absolute atomic E-state index is 12.4. The Labute approximate surface area is 136 Å². The molecule has 1 N–H and O–H groups in total. The molecule has 1 spiro atoms. The molecule has 6 heteroatoms. The minimum Gasteiger partial charge on any atom is -0.391 e. The standard InChI is InChI=1S/C17H24N4O2/c1-12-14(13(2)21(19-12)9-3-8-18)4-5-16(23)20-10-15(22)17(11-20)6-7-17/h15,22H,3-7,9-11H2,1-2H3. The molecule has 1 aliphatic carbocycles. The number of aryl methyl sites for hydroxylation is 2. The first-order chi connectivity index (χ1) is 11.0. The summed E-state index contributed by atoms with van der Waals surface area (Å²) < 4.78 is 1.86. The number of β-amino-alcohol motifs (C(OH)–C–C–N with tert-alkyl or cyclic N) is 1. The molecular weight excluding hydrogens is 292 g/mol. The van der Waals surface area contributed by atoms with Gasteiger partial charge in [-0.25, -0.2) is 0 Å². The van der Waals surface area contributed by atoms with Gasteiger partial charge in [-0.2, -0.15) is 10.4 Å². The van der Waals surface area contributed by atoms with Gasteiger partial charge in [-0.1, -0.05) is 0 Å². The normalized spacial score (nSPS) is 21.7. The zero-order valence-corrected chi connectivity index (χ0v) is 13.9. The molecular formula is C17H24N4O2. The van der Waals surface area contributed by atoms with Gasteiger partial charge in [0.15, 0.2) is 0 Å². The molecule has 2 aliphatic rings. The summed E-state index contributed by atoms with van der Waals surface area (Å²) in [5.41, 5.74) is 3.11. The molecule has 124 valence electrons. The Hall–Kier alpha value is -1.87. The molecule has 0 radical (unpaired) electrons. The first kappa shape index (κ1) is 16.0. The highest BCUT2D eigenvalue weighted by Gasteiger charge is 2.55. The van der Waals surface area contributed by atoms with Crippen molar-refractivity contribution < 1.29 is 9.90 Å². The number of hydrogen-bond donors (Lipinski definition) is 1. The predicted octanol–water partition coefficient (Wildman–Crippen LogP) is 1.33. The number of aromatic nitrogens is 2. The first-order valence-electron chi connectivity index (χ1n) is 8.32. The van der Waals surface area contributed by atoms with Gasteiger partial charge in [0.2, 0.25) is 5.91 Å². The van der Waals surface area contributed by atoms with Crippen LogP contribution in [0.15, 0.2) is 0 Å². The number of likely N-dealkylation sites (tertiary alicyclic amines) is 1. The molecule has 0 aromatic carbocycles. The molecule has 1 amide bonds. The summed E-state index contributed by atoms with van der Waals surface area (Å²) in [6.07, 6.45) is 3.30. The summed E-state index contributed by atoms with van der Waals surface area (Å²) in [4.78, 5) is 14.2. The highest BCUT2D eigenvalue weighted by Crippen LogP contribution is 2.52.